The number of fused-ring (bicyclic) bond motifs is 1. The highest BCUT2D eigenvalue weighted by Crippen LogP contribution is 2.22. The second kappa shape index (κ2) is 8.59. The minimum atomic E-state index is -0.230. The summed E-state index contributed by atoms with van der Waals surface area (Å²) in [5.41, 5.74) is 5.43. The van der Waals surface area contributed by atoms with Gasteiger partial charge in [-0.05, 0) is 73.0 Å². The smallest absolute Gasteiger partial charge is 0.262 e. The molecule has 1 heterocycles. The lowest BCUT2D eigenvalue weighted by Gasteiger charge is -2.10. The third-order valence-electron chi connectivity index (χ3n) is 4.68. The molecule has 0 radical (unpaired) electrons. The van der Waals surface area contributed by atoms with Crippen molar-refractivity contribution in [3.05, 3.63) is 88.3 Å². The molecule has 4 aromatic rings. The Kier molecular flexibility index (Phi) is 5.72. The van der Waals surface area contributed by atoms with Crippen molar-refractivity contribution in [1.29, 1.82) is 0 Å². The number of nitrogens with zero attached hydrogens (tertiary/aromatic N) is 1. The Labute approximate surface area is 179 Å². The van der Waals surface area contributed by atoms with Gasteiger partial charge in [-0.25, -0.2) is 4.98 Å². The maximum absolute atomic E-state index is 12.2. The van der Waals surface area contributed by atoms with Crippen LogP contribution in [0.4, 0.5) is 5.69 Å². The van der Waals surface area contributed by atoms with Crippen LogP contribution in [0.2, 0.25) is 5.02 Å². The van der Waals surface area contributed by atoms with E-state index in [4.69, 9.17) is 20.8 Å². The predicted octanol–water partition coefficient (Wildman–Crippen LogP) is 5.71. The second-order valence-electron chi connectivity index (χ2n) is 7.20. The second-order valence-corrected chi connectivity index (χ2v) is 7.64. The van der Waals surface area contributed by atoms with E-state index in [1.807, 2.05) is 56.3 Å². The Hall–Kier alpha value is -3.31. The van der Waals surface area contributed by atoms with E-state index >= 15 is 0 Å². The molecule has 30 heavy (non-hydrogen) atoms. The number of carbonyl (C=O) groups excluding carboxylic acids is 1. The van der Waals surface area contributed by atoms with Gasteiger partial charge in [-0.3, -0.25) is 4.79 Å². The molecule has 0 aliphatic carbocycles. The van der Waals surface area contributed by atoms with Gasteiger partial charge in [0.2, 0.25) is 0 Å². The summed E-state index contributed by atoms with van der Waals surface area (Å²) < 4.78 is 11.4. The van der Waals surface area contributed by atoms with Crippen LogP contribution in [0.25, 0.3) is 11.1 Å². The number of halogens is 1. The standard InChI is InChI=1S/C24H21ClN2O3/c1-15-3-9-22-20(11-15)27-24(30-22)13-17-4-7-19(8-5-17)26-23(28)14-29-21-10-6-18(25)12-16(21)2/h3-12H,13-14H2,1-2H3,(H,26,28). The topological polar surface area (TPSA) is 64.4 Å². The number of rotatable bonds is 6. The minimum absolute atomic E-state index is 0.0768. The van der Waals surface area contributed by atoms with Crippen LogP contribution in [-0.4, -0.2) is 17.5 Å². The molecule has 0 atom stereocenters. The fourth-order valence-corrected chi connectivity index (χ4v) is 3.38. The van der Waals surface area contributed by atoms with Crippen LogP contribution in [0.5, 0.6) is 5.75 Å². The fraction of sp³-hybridized carbons (Fsp3) is 0.167. The Bertz CT molecular complexity index is 1200. The minimum Gasteiger partial charge on any atom is -0.483 e. The van der Waals surface area contributed by atoms with Crippen LogP contribution in [0.15, 0.2) is 65.1 Å². The number of hydrogen-bond acceptors (Lipinski definition) is 4. The van der Waals surface area contributed by atoms with Gasteiger partial charge >= 0.3 is 0 Å². The molecule has 1 amide bonds. The summed E-state index contributed by atoms with van der Waals surface area (Å²) in [4.78, 5) is 16.7. The molecule has 1 aromatic heterocycles. The zero-order chi connectivity index (χ0) is 21.1. The third-order valence-corrected chi connectivity index (χ3v) is 4.91. The largest absolute Gasteiger partial charge is 0.483 e. The van der Waals surface area contributed by atoms with Crippen LogP contribution in [0.3, 0.4) is 0 Å². The van der Waals surface area contributed by atoms with Gasteiger partial charge in [-0.1, -0.05) is 29.8 Å². The van der Waals surface area contributed by atoms with Crippen molar-refractivity contribution >= 4 is 34.3 Å². The van der Waals surface area contributed by atoms with Gasteiger partial charge in [0.25, 0.3) is 5.91 Å². The maximum Gasteiger partial charge on any atom is 0.262 e. The van der Waals surface area contributed by atoms with E-state index in [2.05, 4.69) is 10.3 Å². The van der Waals surface area contributed by atoms with Gasteiger partial charge in [-0.2, -0.15) is 0 Å². The van der Waals surface area contributed by atoms with Crippen LogP contribution < -0.4 is 10.1 Å². The van der Waals surface area contributed by atoms with Crippen molar-refractivity contribution in [2.45, 2.75) is 20.3 Å². The monoisotopic (exact) mass is 420 g/mol. The predicted molar refractivity (Wildman–Crippen MR) is 118 cm³/mol. The number of carbonyl (C=O) groups is 1. The molecule has 3 aromatic carbocycles. The molecular formula is C24H21ClN2O3. The Morgan fingerprint density at radius 3 is 2.63 bits per heavy atom. The van der Waals surface area contributed by atoms with E-state index in [0.717, 1.165) is 27.8 Å². The number of aromatic nitrogens is 1. The maximum atomic E-state index is 12.2. The normalized spacial score (nSPS) is 10.9. The molecule has 0 fully saturated rings. The summed E-state index contributed by atoms with van der Waals surface area (Å²) in [6.45, 7) is 3.84. The van der Waals surface area contributed by atoms with Gasteiger partial charge in [0, 0.05) is 17.1 Å². The van der Waals surface area contributed by atoms with E-state index in [1.165, 1.54) is 0 Å². The van der Waals surface area contributed by atoms with Crippen LogP contribution in [0.1, 0.15) is 22.6 Å². The van der Waals surface area contributed by atoms with E-state index in [1.54, 1.807) is 18.2 Å². The summed E-state index contributed by atoms with van der Waals surface area (Å²) in [7, 11) is 0. The van der Waals surface area contributed by atoms with E-state index in [-0.39, 0.29) is 12.5 Å². The average Bonchev–Trinajstić information content (AvgIpc) is 3.10. The molecule has 1 N–H and O–H groups in total. The number of ether oxygens (including phenoxy) is 1. The zero-order valence-corrected chi connectivity index (χ0v) is 17.5. The van der Waals surface area contributed by atoms with Crippen molar-refractivity contribution in [2.75, 3.05) is 11.9 Å². The van der Waals surface area contributed by atoms with Gasteiger partial charge in [0.15, 0.2) is 18.1 Å². The van der Waals surface area contributed by atoms with Gasteiger partial charge in [0.05, 0.1) is 0 Å². The summed E-state index contributed by atoms with van der Waals surface area (Å²) in [5, 5.41) is 3.47. The molecule has 0 unspecified atom stereocenters. The van der Waals surface area contributed by atoms with Crippen molar-refractivity contribution < 1.29 is 13.9 Å². The molecule has 0 bridgehead atoms. The molecule has 4 rings (SSSR count). The number of hydrogen-bond donors (Lipinski definition) is 1. The highest BCUT2D eigenvalue weighted by Gasteiger charge is 2.09. The summed E-state index contributed by atoms with van der Waals surface area (Å²) in [6.07, 6.45) is 0.584. The summed E-state index contributed by atoms with van der Waals surface area (Å²) >= 11 is 5.93. The van der Waals surface area contributed by atoms with Crippen molar-refractivity contribution in [1.82, 2.24) is 4.98 Å². The highest BCUT2D eigenvalue weighted by molar-refractivity contribution is 6.30. The number of aryl methyl sites for hydroxylation is 2. The van der Waals surface area contributed by atoms with Gasteiger partial charge in [-0.15, -0.1) is 0 Å². The van der Waals surface area contributed by atoms with Crippen LogP contribution >= 0.6 is 11.6 Å². The lowest BCUT2D eigenvalue weighted by molar-refractivity contribution is -0.118. The lowest BCUT2D eigenvalue weighted by atomic mass is 10.1. The van der Waals surface area contributed by atoms with Crippen LogP contribution in [-0.2, 0) is 11.2 Å². The molecular weight excluding hydrogens is 400 g/mol. The number of nitrogens with one attached hydrogen (secondary N) is 1. The number of oxazole rings is 1. The summed E-state index contributed by atoms with van der Waals surface area (Å²) in [6, 6.07) is 18.8. The van der Waals surface area contributed by atoms with Crippen molar-refractivity contribution in [2.24, 2.45) is 0 Å². The van der Waals surface area contributed by atoms with E-state index < -0.39 is 0 Å². The molecule has 0 spiro atoms. The van der Waals surface area contributed by atoms with Crippen LogP contribution in [0, 0.1) is 13.8 Å². The first kappa shape index (κ1) is 20.0. The Morgan fingerprint density at radius 2 is 1.87 bits per heavy atom. The van der Waals surface area contributed by atoms with E-state index in [0.29, 0.717) is 28.8 Å². The van der Waals surface area contributed by atoms with E-state index in [9.17, 15) is 4.79 Å². The zero-order valence-electron chi connectivity index (χ0n) is 16.7. The molecule has 0 aliphatic heterocycles. The van der Waals surface area contributed by atoms with Crippen molar-refractivity contribution in [3.63, 3.8) is 0 Å². The highest BCUT2D eigenvalue weighted by atomic mass is 35.5. The molecule has 0 saturated carbocycles. The first-order valence-electron chi connectivity index (χ1n) is 9.60. The Balaban J connectivity index is 1.34. The number of benzene rings is 3. The average molecular weight is 421 g/mol. The molecule has 5 nitrogen and oxygen atoms in total. The van der Waals surface area contributed by atoms with Gasteiger partial charge < -0.3 is 14.5 Å². The third kappa shape index (κ3) is 4.81. The number of amides is 1. The first-order valence-corrected chi connectivity index (χ1v) is 9.98. The fourth-order valence-electron chi connectivity index (χ4n) is 3.16. The lowest BCUT2D eigenvalue weighted by Crippen LogP contribution is -2.20. The summed E-state index contributed by atoms with van der Waals surface area (Å²) in [5.74, 6) is 1.07. The molecule has 0 aliphatic rings. The molecule has 0 saturated heterocycles. The SMILES string of the molecule is Cc1ccc2oc(Cc3ccc(NC(=O)COc4ccc(Cl)cc4C)cc3)nc2c1. The molecule has 152 valence electrons. The quantitative estimate of drug-likeness (QED) is 0.434. The van der Waals surface area contributed by atoms with Gasteiger partial charge in [0.1, 0.15) is 11.3 Å². The first-order chi connectivity index (χ1) is 14.5. The van der Waals surface area contributed by atoms with Crippen molar-refractivity contribution in [3.8, 4) is 5.75 Å². The Morgan fingerprint density at radius 1 is 1.07 bits per heavy atom. The number of anilines is 1. The molecule has 6 heteroatoms.